The van der Waals surface area contributed by atoms with E-state index < -0.39 is 0 Å². The summed E-state index contributed by atoms with van der Waals surface area (Å²) in [5.41, 5.74) is 1.19. The number of benzene rings is 1. The molecule has 0 aromatic heterocycles. The molecule has 1 atom stereocenters. The first-order valence-electron chi connectivity index (χ1n) is 5.77. The van der Waals surface area contributed by atoms with Crippen molar-refractivity contribution >= 4 is 27.5 Å². The molecule has 0 aliphatic heterocycles. The van der Waals surface area contributed by atoms with Gasteiger partial charge in [0.25, 0.3) is 0 Å². The van der Waals surface area contributed by atoms with Crippen LogP contribution in [0.2, 0.25) is 5.02 Å². The van der Waals surface area contributed by atoms with Crippen LogP contribution in [0.1, 0.15) is 18.4 Å². The van der Waals surface area contributed by atoms with Crippen molar-refractivity contribution in [2.24, 2.45) is 0 Å². The van der Waals surface area contributed by atoms with Crippen molar-refractivity contribution in [1.82, 2.24) is 5.32 Å². The van der Waals surface area contributed by atoms with Crippen LogP contribution in [-0.4, -0.2) is 26.8 Å². The monoisotopic (exact) mass is 319 g/mol. The molecule has 1 aromatic carbocycles. The quantitative estimate of drug-likeness (QED) is 0.774. The van der Waals surface area contributed by atoms with Gasteiger partial charge in [-0.05, 0) is 44.0 Å². The minimum absolute atomic E-state index is 0.448. The van der Waals surface area contributed by atoms with E-state index in [0.29, 0.717) is 6.04 Å². The Morgan fingerprint density at radius 2 is 2.24 bits per heavy atom. The number of hydrogen-bond donors (Lipinski definition) is 1. The lowest BCUT2D eigenvalue weighted by Gasteiger charge is -2.16. The van der Waals surface area contributed by atoms with Crippen LogP contribution < -0.4 is 5.32 Å². The van der Waals surface area contributed by atoms with E-state index >= 15 is 0 Å². The predicted octanol–water partition coefficient (Wildman–Crippen LogP) is 3.66. The fraction of sp³-hybridized carbons (Fsp3) is 0.538. The summed E-state index contributed by atoms with van der Waals surface area (Å²) in [4.78, 5) is 0. The summed E-state index contributed by atoms with van der Waals surface area (Å²) in [5, 5.41) is 4.15. The minimum Gasteiger partial charge on any atom is -0.385 e. The number of hydrogen-bond acceptors (Lipinski definition) is 2. The standard InChI is InChI=1S/C13H19BrClNO/c1-16-12(4-3-7-17-2)8-10-5-6-11(14)9-13(10)15/h5-6,9,12,16H,3-4,7-8H2,1-2H3. The van der Waals surface area contributed by atoms with Gasteiger partial charge >= 0.3 is 0 Å². The summed E-state index contributed by atoms with van der Waals surface area (Å²) in [6.45, 7) is 0.812. The zero-order chi connectivity index (χ0) is 12.7. The SMILES string of the molecule is CNC(CCCOC)Cc1ccc(Br)cc1Cl. The molecule has 4 heteroatoms. The zero-order valence-corrected chi connectivity index (χ0v) is 12.6. The highest BCUT2D eigenvalue weighted by molar-refractivity contribution is 9.10. The molecule has 0 heterocycles. The van der Waals surface area contributed by atoms with Crippen LogP contribution >= 0.6 is 27.5 Å². The summed E-state index contributed by atoms with van der Waals surface area (Å²) >= 11 is 9.62. The Hall–Kier alpha value is -0.0900. The Morgan fingerprint density at radius 1 is 1.47 bits per heavy atom. The van der Waals surface area contributed by atoms with E-state index in [4.69, 9.17) is 16.3 Å². The molecule has 1 rings (SSSR count). The summed E-state index contributed by atoms with van der Waals surface area (Å²) in [7, 11) is 3.73. The molecule has 0 amide bonds. The highest BCUT2D eigenvalue weighted by Gasteiger charge is 2.09. The molecule has 0 radical (unpaired) electrons. The number of nitrogens with one attached hydrogen (secondary N) is 1. The average Bonchev–Trinajstić information content (AvgIpc) is 2.31. The van der Waals surface area contributed by atoms with Crippen molar-refractivity contribution in [1.29, 1.82) is 0 Å². The first-order valence-corrected chi connectivity index (χ1v) is 6.94. The fourth-order valence-electron chi connectivity index (χ4n) is 1.78. The molecule has 0 spiro atoms. The Kier molecular flexibility index (Phi) is 7.12. The summed E-state index contributed by atoms with van der Waals surface area (Å²) in [5.74, 6) is 0. The molecule has 0 bridgehead atoms. The molecule has 0 saturated heterocycles. The number of methoxy groups -OCH3 is 1. The highest BCUT2D eigenvalue weighted by Crippen LogP contribution is 2.23. The van der Waals surface area contributed by atoms with E-state index in [2.05, 4.69) is 27.3 Å². The minimum atomic E-state index is 0.448. The second-order valence-corrected chi connectivity index (χ2v) is 5.38. The second-order valence-electron chi connectivity index (χ2n) is 4.06. The smallest absolute Gasteiger partial charge is 0.0462 e. The van der Waals surface area contributed by atoms with Crippen LogP contribution in [-0.2, 0) is 11.2 Å². The molecule has 2 nitrogen and oxygen atoms in total. The number of rotatable bonds is 7. The van der Waals surface area contributed by atoms with E-state index in [0.717, 1.165) is 35.4 Å². The van der Waals surface area contributed by atoms with Gasteiger partial charge in [0.05, 0.1) is 0 Å². The topological polar surface area (TPSA) is 21.3 Å². The Morgan fingerprint density at radius 3 is 2.82 bits per heavy atom. The van der Waals surface area contributed by atoms with Crippen LogP contribution in [0.4, 0.5) is 0 Å². The van der Waals surface area contributed by atoms with E-state index in [1.54, 1.807) is 7.11 Å². The Bertz CT molecular complexity index is 346. The summed E-state index contributed by atoms with van der Waals surface area (Å²) in [6, 6.07) is 6.50. The molecular weight excluding hydrogens is 302 g/mol. The fourth-order valence-corrected chi connectivity index (χ4v) is 2.53. The van der Waals surface area contributed by atoms with Gasteiger partial charge in [0, 0.05) is 29.3 Å². The lowest BCUT2D eigenvalue weighted by atomic mass is 10.0. The van der Waals surface area contributed by atoms with Gasteiger partial charge in [-0.15, -0.1) is 0 Å². The van der Waals surface area contributed by atoms with E-state index in [1.807, 2.05) is 19.2 Å². The van der Waals surface area contributed by atoms with Gasteiger partial charge in [0.1, 0.15) is 0 Å². The number of likely N-dealkylation sites (N-methyl/N-ethyl adjacent to an activating group) is 1. The maximum atomic E-state index is 6.21. The lowest BCUT2D eigenvalue weighted by Crippen LogP contribution is -2.28. The van der Waals surface area contributed by atoms with E-state index in [9.17, 15) is 0 Å². The molecule has 1 N–H and O–H groups in total. The van der Waals surface area contributed by atoms with E-state index in [1.165, 1.54) is 5.56 Å². The molecule has 17 heavy (non-hydrogen) atoms. The Labute approximate surface area is 117 Å². The molecule has 96 valence electrons. The third-order valence-corrected chi connectivity index (χ3v) is 3.64. The Balaban J connectivity index is 2.54. The van der Waals surface area contributed by atoms with Crippen LogP contribution in [0.5, 0.6) is 0 Å². The molecule has 0 aliphatic rings. The van der Waals surface area contributed by atoms with Crippen LogP contribution in [0.15, 0.2) is 22.7 Å². The average molecular weight is 321 g/mol. The predicted molar refractivity (Wildman–Crippen MR) is 76.8 cm³/mol. The summed E-state index contributed by atoms with van der Waals surface area (Å²) < 4.78 is 6.09. The largest absolute Gasteiger partial charge is 0.385 e. The van der Waals surface area contributed by atoms with Crippen LogP contribution in [0.3, 0.4) is 0 Å². The van der Waals surface area contributed by atoms with E-state index in [-0.39, 0.29) is 0 Å². The zero-order valence-electron chi connectivity index (χ0n) is 10.3. The lowest BCUT2D eigenvalue weighted by molar-refractivity contribution is 0.189. The third-order valence-electron chi connectivity index (χ3n) is 2.79. The number of ether oxygens (including phenoxy) is 1. The van der Waals surface area contributed by atoms with Gasteiger partial charge < -0.3 is 10.1 Å². The normalized spacial score (nSPS) is 12.7. The molecule has 1 unspecified atom stereocenters. The van der Waals surface area contributed by atoms with Crippen molar-refractivity contribution in [3.63, 3.8) is 0 Å². The van der Waals surface area contributed by atoms with Gasteiger partial charge in [-0.25, -0.2) is 0 Å². The highest BCUT2D eigenvalue weighted by atomic mass is 79.9. The first-order chi connectivity index (χ1) is 8.17. The number of halogens is 2. The molecule has 0 fully saturated rings. The van der Waals surface area contributed by atoms with Gasteiger partial charge in [0.2, 0.25) is 0 Å². The molecule has 0 saturated carbocycles. The van der Waals surface area contributed by atoms with Crippen molar-refractivity contribution < 1.29 is 4.74 Å². The van der Waals surface area contributed by atoms with Crippen LogP contribution in [0.25, 0.3) is 0 Å². The van der Waals surface area contributed by atoms with Crippen molar-refractivity contribution in [2.75, 3.05) is 20.8 Å². The molecular formula is C13H19BrClNO. The van der Waals surface area contributed by atoms with Gasteiger partial charge in [-0.2, -0.15) is 0 Å². The van der Waals surface area contributed by atoms with Crippen molar-refractivity contribution in [2.45, 2.75) is 25.3 Å². The maximum Gasteiger partial charge on any atom is 0.0462 e. The van der Waals surface area contributed by atoms with Crippen LogP contribution in [0, 0.1) is 0 Å². The second kappa shape index (κ2) is 8.09. The van der Waals surface area contributed by atoms with Crippen molar-refractivity contribution in [3.8, 4) is 0 Å². The van der Waals surface area contributed by atoms with Gasteiger partial charge in [-0.3, -0.25) is 0 Å². The first kappa shape index (κ1) is 15.0. The molecule has 1 aromatic rings. The molecule has 0 aliphatic carbocycles. The van der Waals surface area contributed by atoms with Crippen molar-refractivity contribution in [3.05, 3.63) is 33.3 Å². The van der Waals surface area contributed by atoms with Gasteiger partial charge in [0.15, 0.2) is 0 Å². The summed E-state index contributed by atoms with van der Waals surface area (Å²) in [6.07, 6.45) is 3.11. The maximum absolute atomic E-state index is 6.21. The third kappa shape index (κ3) is 5.38. The van der Waals surface area contributed by atoms with Gasteiger partial charge in [-0.1, -0.05) is 33.6 Å².